The summed E-state index contributed by atoms with van der Waals surface area (Å²) in [6, 6.07) is 13.0. The van der Waals surface area contributed by atoms with Gasteiger partial charge in [0.05, 0.1) is 12.3 Å². The lowest BCUT2D eigenvalue weighted by molar-refractivity contribution is -0.143. The van der Waals surface area contributed by atoms with Crippen molar-refractivity contribution in [2.45, 2.75) is 34.2 Å². The Balaban J connectivity index is 2.09. The van der Waals surface area contributed by atoms with Crippen molar-refractivity contribution in [3.8, 4) is 17.1 Å². The molecule has 0 aliphatic rings. The predicted molar refractivity (Wildman–Crippen MR) is 128 cm³/mol. The summed E-state index contributed by atoms with van der Waals surface area (Å²) in [5, 5.41) is 0. The molecule has 2 aromatic carbocycles. The second-order valence-corrected chi connectivity index (χ2v) is 8.08. The fourth-order valence-corrected chi connectivity index (χ4v) is 3.74. The average Bonchev–Trinajstić information content (AvgIpc) is 3.06. The Bertz CT molecular complexity index is 1480. The summed E-state index contributed by atoms with van der Waals surface area (Å²) in [4.78, 5) is 47.4. The molecule has 0 saturated carbocycles. The van der Waals surface area contributed by atoms with Crippen LogP contribution in [0.4, 0.5) is 0 Å². The molecule has 0 unspecified atom stereocenters. The zero-order valence-electron chi connectivity index (χ0n) is 19.5. The van der Waals surface area contributed by atoms with Gasteiger partial charge in [0.25, 0.3) is 5.91 Å². The summed E-state index contributed by atoms with van der Waals surface area (Å²) in [6.07, 6.45) is 0. The third-order valence-electron chi connectivity index (χ3n) is 5.65. The van der Waals surface area contributed by atoms with E-state index in [9.17, 15) is 14.4 Å². The summed E-state index contributed by atoms with van der Waals surface area (Å²) >= 11 is 0. The number of fused-ring (bicyclic) bond motifs is 1. The van der Waals surface area contributed by atoms with Crippen molar-refractivity contribution in [3.63, 3.8) is 0 Å². The number of nitrogens with zero attached hydrogens (tertiary/aromatic N) is 4. The Hall–Kier alpha value is -4.27. The number of hydrogen-bond donors (Lipinski definition) is 1. The number of imidazole rings is 1. The second kappa shape index (κ2) is 8.93. The van der Waals surface area contributed by atoms with Crippen LogP contribution in [-0.4, -0.2) is 37.6 Å². The van der Waals surface area contributed by atoms with Crippen LogP contribution in [0.3, 0.4) is 0 Å². The van der Waals surface area contributed by atoms with E-state index in [1.807, 2.05) is 57.2 Å². The van der Waals surface area contributed by atoms with E-state index in [4.69, 9.17) is 10.5 Å². The molecule has 0 fully saturated rings. The highest BCUT2D eigenvalue weighted by Crippen LogP contribution is 2.25. The number of carbonyl (C=O) groups excluding carboxylic acids is 2. The van der Waals surface area contributed by atoms with Gasteiger partial charge >= 0.3 is 11.7 Å². The fraction of sp³-hybridized carbons (Fsp3) is 0.240. The van der Waals surface area contributed by atoms with E-state index in [2.05, 4.69) is 9.97 Å². The van der Waals surface area contributed by atoms with Crippen molar-refractivity contribution < 1.29 is 14.3 Å². The van der Waals surface area contributed by atoms with E-state index in [1.54, 1.807) is 13.0 Å². The Morgan fingerprint density at radius 3 is 2.32 bits per heavy atom. The SMILES string of the molecule is CCOC(=O)Cn1c(=O)n(-c2ccc(C)c(C)c2)c2nc(-c3ccc(C)cc3)nc(C(N)=O)c21. The summed E-state index contributed by atoms with van der Waals surface area (Å²) in [5.41, 5.74) is 9.52. The molecule has 34 heavy (non-hydrogen) atoms. The minimum absolute atomic E-state index is 0.0830. The Kier molecular flexibility index (Phi) is 6.02. The van der Waals surface area contributed by atoms with Gasteiger partial charge in [0, 0.05) is 5.56 Å². The van der Waals surface area contributed by atoms with Gasteiger partial charge in [-0.1, -0.05) is 35.9 Å². The van der Waals surface area contributed by atoms with Crippen molar-refractivity contribution in [1.29, 1.82) is 0 Å². The quantitative estimate of drug-likeness (QED) is 0.443. The van der Waals surface area contributed by atoms with Crippen LogP contribution in [0.15, 0.2) is 47.3 Å². The van der Waals surface area contributed by atoms with Gasteiger partial charge in [-0.15, -0.1) is 0 Å². The van der Waals surface area contributed by atoms with Crippen LogP contribution in [0.25, 0.3) is 28.2 Å². The maximum absolute atomic E-state index is 13.6. The van der Waals surface area contributed by atoms with Crippen LogP contribution in [-0.2, 0) is 16.1 Å². The molecule has 0 bridgehead atoms. The molecule has 2 aromatic heterocycles. The molecule has 174 valence electrons. The standard InChI is InChI=1S/C25H25N5O4/c1-5-34-19(31)13-29-21-20(22(26)32)27-23(17-9-6-14(2)7-10-17)28-24(21)30(25(29)33)18-11-8-15(3)16(4)12-18/h6-12H,5,13H2,1-4H3,(H2,26,32). The highest BCUT2D eigenvalue weighted by Gasteiger charge is 2.25. The van der Waals surface area contributed by atoms with Gasteiger partial charge < -0.3 is 10.5 Å². The number of benzene rings is 2. The lowest BCUT2D eigenvalue weighted by Gasteiger charge is -2.09. The van der Waals surface area contributed by atoms with E-state index in [0.29, 0.717) is 11.3 Å². The van der Waals surface area contributed by atoms with E-state index in [0.717, 1.165) is 21.3 Å². The zero-order chi connectivity index (χ0) is 24.6. The van der Waals surface area contributed by atoms with Crippen LogP contribution < -0.4 is 11.4 Å². The van der Waals surface area contributed by atoms with Crippen LogP contribution in [0.5, 0.6) is 0 Å². The molecule has 4 aromatic rings. The molecule has 0 atom stereocenters. The van der Waals surface area contributed by atoms with Crippen LogP contribution >= 0.6 is 0 Å². The number of ether oxygens (including phenoxy) is 1. The maximum Gasteiger partial charge on any atom is 0.335 e. The van der Waals surface area contributed by atoms with Crippen LogP contribution in [0.2, 0.25) is 0 Å². The number of aryl methyl sites for hydroxylation is 3. The first-order chi connectivity index (χ1) is 16.2. The summed E-state index contributed by atoms with van der Waals surface area (Å²) in [6.45, 7) is 7.27. The topological polar surface area (TPSA) is 122 Å². The first-order valence-electron chi connectivity index (χ1n) is 10.8. The number of carbonyl (C=O) groups is 2. The third kappa shape index (κ3) is 4.07. The maximum atomic E-state index is 13.6. The molecule has 1 amide bonds. The molecule has 0 spiro atoms. The van der Waals surface area contributed by atoms with Gasteiger partial charge in [-0.3, -0.25) is 14.2 Å². The molecule has 0 aliphatic carbocycles. The Morgan fingerprint density at radius 1 is 1.00 bits per heavy atom. The average molecular weight is 460 g/mol. The number of aromatic nitrogens is 4. The molecule has 0 radical (unpaired) electrons. The van der Waals surface area contributed by atoms with Crippen molar-refractivity contribution >= 4 is 23.0 Å². The number of rotatable bonds is 6. The first kappa shape index (κ1) is 22.9. The number of amides is 1. The van der Waals surface area contributed by atoms with Crippen molar-refractivity contribution in [2.75, 3.05) is 6.61 Å². The lowest BCUT2D eigenvalue weighted by atomic mass is 10.1. The van der Waals surface area contributed by atoms with Crippen LogP contribution in [0.1, 0.15) is 34.1 Å². The van der Waals surface area contributed by atoms with E-state index >= 15 is 0 Å². The van der Waals surface area contributed by atoms with E-state index in [-0.39, 0.29) is 29.3 Å². The molecule has 9 heteroatoms. The highest BCUT2D eigenvalue weighted by molar-refractivity contribution is 6.02. The summed E-state index contributed by atoms with van der Waals surface area (Å²) in [7, 11) is 0. The van der Waals surface area contributed by atoms with Crippen molar-refractivity contribution in [3.05, 3.63) is 75.3 Å². The normalized spacial score (nSPS) is 11.1. The van der Waals surface area contributed by atoms with Gasteiger partial charge in [0.1, 0.15) is 12.1 Å². The van der Waals surface area contributed by atoms with Crippen molar-refractivity contribution in [2.24, 2.45) is 5.73 Å². The first-order valence-corrected chi connectivity index (χ1v) is 10.8. The number of primary amides is 1. The molecule has 0 saturated heterocycles. The van der Waals surface area contributed by atoms with Gasteiger partial charge in [-0.25, -0.2) is 19.3 Å². The van der Waals surface area contributed by atoms with Gasteiger partial charge in [-0.2, -0.15) is 0 Å². The number of esters is 1. The number of hydrogen-bond acceptors (Lipinski definition) is 6. The largest absolute Gasteiger partial charge is 0.465 e. The summed E-state index contributed by atoms with van der Waals surface area (Å²) in [5.74, 6) is -1.22. The van der Waals surface area contributed by atoms with E-state index in [1.165, 1.54) is 4.57 Å². The third-order valence-corrected chi connectivity index (χ3v) is 5.65. The molecule has 2 N–H and O–H groups in total. The second-order valence-electron chi connectivity index (χ2n) is 8.08. The molecule has 4 rings (SSSR count). The smallest absolute Gasteiger partial charge is 0.335 e. The Labute approximate surface area is 195 Å². The fourth-order valence-electron chi connectivity index (χ4n) is 3.74. The molecular weight excluding hydrogens is 434 g/mol. The van der Waals surface area contributed by atoms with Gasteiger partial charge in [0.2, 0.25) is 0 Å². The molecule has 9 nitrogen and oxygen atoms in total. The highest BCUT2D eigenvalue weighted by atomic mass is 16.5. The van der Waals surface area contributed by atoms with Crippen molar-refractivity contribution in [1.82, 2.24) is 19.1 Å². The molecule has 2 heterocycles. The van der Waals surface area contributed by atoms with Gasteiger partial charge in [-0.05, 0) is 51.0 Å². The van der Waals surface area contributed by atoms with E-state index < -0.39 is 24.1 Å². The minimum Gasteiger partial charge on any atom is -0.465 e. The number of nitrogens with two attached hydrogens (primary N) is 1. The van der Waals surface area contributed by atoms with Gasteiger partial charge in [0.15, 0.2) is 17.2 Å². The molecule has 0 aliphatic heterocycles. The summed E-state index contributed by atoms with van der Waals surface area (Å²) < 4.78 is 7.55. The predicted octanol–water partition coefficient (Wildman–Crippen LogP) is 2.84. The van der Waals surface area contributed by atoms with Crippen LogP contribution in [0, 0.1) is 20.8 Å². The Morgan fingerprint density at radius 2 is 1.71 bits per heavy atom. The minimum atomic E-state index is -0.837. The monoisotopic (exact) mass is 459 g/mol. The molecular formula is C25H25N5O4. The zero-order valence-corrected chi connectivity index (χ0v) is 19.5. The lowest BCUT2D eigenvalue weighted by Crippen LogP contribution is -2.28.